The van der Waals surface area contributed by atoms with E-state index >= 15 is 0 Å². The molecule has 0 aliphatic rings. The van der Waals surface area contributed by atoms with E-state index in [1.54, 1.807) is 33.5 Å². The first-order chi connectivity index (χ1) is 10.5. The minimum absolute atomic E-state index is 0.0938. The molecule has 4 nitrogen and oxygen atoms in total. The van der Waals surface area contributed by atoms with Crippen LogP contribution in [0, 0.1) is 0 Å². The molecular weight excluding hydrogens is 311 g/mol. The van der Waals surface area contributed by atoms with Crippen LogP contribution in [0.1, 0.15) is 51.9 Å². The Kier molecular flexibility index (Phi) is 6.09. The molecule has 0 spiro atoms. The van der Waals surface area contributed by atoms with Crippen molar-refractivity contribution in [2.45, 2.75) is 51.9 Å². The van der Waals surface area contributed by atoms with Gasteiger partial charge in [0.25, 0.3) is 0 Å². The van der Waals surface area contributed by atoms with E-state index in [4.69, 9.17) is 14.2 Å². The minimum atomic E-state index is -0.978. The summed E-state index contributed by atoms with van der Waals surface area (Å²) in [6, 6.07) is 3.46. The van der Waals surface area contributed by atoms with Gasteiger partial charge in [0.2, 0.25) is 0 Å². The zero-order chi connectivity index (χ0) is 18.0. The van der Waals surface area contributed by atoms with Crippen LogP contribution in [0.4, 0.5) is 0 Å². The monoisotopic (exact) mass is 340 g/mol. The van der Waals surface area contributed by atoms with Crippen LogP contribution in [-0.2, 0) is 0 Å². The van der Waals surface area contributed by atoms with Crippen LogP contribution in [0.15, 0.2) is 12.1 Å². The second kappa shape index (κ2) is 7.09. The van der Waals surface area contributed by atoms with Crippen LogP contribution in [0.2, 0.25) is 0 Å². The first kappa shape index (κ1) is 19.8. The van der Waals surface area contributed by atoms with E-state index in [1.807, 2.05) is 0 Å². The maximum absolute atomic E-state index is 13.4. The zero-order valence-electron chi connectivity index (χ0n) is 15.7. The third-order valence-electron chi connectivity index (χ3n) is 3.47. The van der Waals surface area contributed by atoms with Crippen molar-refractivity contribution in [3.8, 4) is 17.2 Å². The molecule has 1 rings (SSSR count). The second-order valence-corrected chi connectivity index (χ2v) is 11.1. The molecule has 1 aromatic rings. The summed E-state index contributed by atoms with van der Waals surface area (Å²) in [5.41, 5.74) is 0.600. The van der Waals surface area contributed by atoms with Crippen molar-refractivity contribution in [2.75, 3.05) is 21.3 Å². The largest absolute Gasteiger partial charge is 0.496 e. The Balaban J connectivity index is 3.57. The molecular formula is C18H29O4P. The molecule has 1 aromatic carbocycles. The Morgan fingerprint density at radius 1 is 0.826 bits per heavy atom. The van der Waals surface area contributed by atoms with Gasteiger partial charge in [-0.2, -0.15) is 0 Å². The Morgan fingerprint density at radius 2 is 1.22 bits per heavy atom. The van der Waals surface area contributed by atoms with Crippen molar-refractivity contribution >= 4 is 13.4 Å². The number of rotatable bonds is 5. The van der Waals surface area contributed by atoms with Crippen LogP contribution in [0.3, 0.4) is 0 Å². The molecule has 0 aromatic heterocycles. The van der Waals surface area contributed by atoms with Crippen LogP contribution in [-0.4, -0.2) is 37.2 Å². The van der Waals surface area contributed by atoms with Gasteiger partial charge < -0.3 is 14.2 Å². The topological polar surface area (TPSA) is 44.8 Å². The summed E-state index contributed by atoms with van der Waals surface area (Å²) in [5.74, 6) is 1.59. The Bertz CT molecular complexity index is 528. The van der Waals surface area contributed by atoms with E-state index in [-0.39, 0.29) is 15.8 Å². The number of hydrogen-bond acceptors (Lipinski definition) is 4. The lowest BCUT2D eigenvalue weighted by molar-refractivity contribution is 0.107. The fourth-order valence-corrected chi connectivity index (χ4v) is 6.62. The molecule has 5 heteroatoms. The maximum Gasteiger partial charge on any atom is 0.192 e. The molecule has 0 N–H and O–H groups in total. The lowest BCUT2D eigenvalue weighted by Crippen LogP contribution is -2.29. The highest BCUT2D eigenvalue weighted by Gasteiger charge is 2.42. The first-order valence-electron chi connectivity index (χ1n) is 7.62. The molecule has 0 fully saturated rings. The highest BCUT2D eigenvalue weighted by Crippen LogP contribution is 2.62. The van der Waals surface area contributed by atoms with Crippen LogP contribution in [0.5, 0.6) is 17.2 Å². The lowest BCUT2D eigenvalue weighted by atomic mass is 10.2. The third-order valence-corrected chi connectivity index (χ3v) is 6.79. The molecule has 0 atom stereocenters. The van der Waals surface area contributed by atoms with Crippen molar-refractivity contribution in [3.63, 3.8) is 0 Å². The maximum atomic E-state index is 13.4. The van der Waals surface area contributed by atoms with E-state index in [0.717, 1.165) is 0 Å². The summed E-state index contributed by atoms with van der Waals surface area (Å²) in [5, 5.41) is -0.249. The molecule has 130 valence electrons. The fraction of sp³-hybridized carbons (Fsp3) is 0.611. The molecule has 0 saturated heterocycles. The van der Waals surface area contributed by atoms with Gasteiger partial charge in [-0.1, -0.05) is 41.5 Å². The molecule has 0 bridgehead atoms. The third kappa shape index (κ3) is 4.38. The SMILES string of the molecule is COc1cc(OC)c(C(=O)P(C(C)(C)C)C(C)(C)C)c(OC)c1. The van der Waals surface area contributed by atoms with Gasteiger partial charge in [-0.25, -0.2) is 0 Å². The smallest absolute Gasteiger partial charge is 0.192 e. The highest BCUT2D eigenvalue weighted by molar-refractivity contribution is 7.78. The summed E-state index contributed by atoms with van der Waals surface area (Å²) >= 11 is 0. The van der Waals surface area contributed by atoms with Crippen LogP contribution in [0.25, 0.3) is 0 Å². The summed E-state index contributed by atoms with van der Waals surface area (Å²) in [6.45, 7) is 12.7. The standard InChI is InChI=1S/C18H29O4P/c1-17(2,3)23(18(4,5)6)16(19)15-13(21-8)10-12(20-7)11-14(15)22-9/h10-11H,1-9H3. The van der Waals surface area contributed by atoms with Gasteiger partial charge >= 0.3 is 0 Å². The fourth-order valence-electron chi connectivity index (χ4n) is 2.94. The number of carbonyl (C=O) groups excluding carboxylic acids is 1. The number of methoxy groups -OCH3 is 3. The molecule has 0 aliphatic heterocycles. The second-order valence-electron chi connectivity index (χ2n) is 7.39. The summed E-state index contributed by atoms with van der Waals surface area (Å²) in [6.07, 6.45) is 0. The van der Waals surface area contributed by atoms with Crippen LogP contribution >= 0.6 is 7.92 Å². The van der Waals surface area contributed by atoms with Crippen molar-refractivity contribution in [3.05, 3.63) is 17.7 Å². The molecule has 0 saturated carbocycles. The van der Waals surface area contributed by atoms with Crippen molar-refractivity contribution in [1.82, 2.24) is 0 Å². The zero-order valence-corrected chi connectivity index (χ0v) is 16.6. The Labute approximate surface area is 141 Å². The lowest BCUT2D eigenvalue weighted by Gasteiger charge is -2.40. The first-order valence-corrected chi connectivity index (χ1v) is 8.96. The molecule has 23 heavy (non-hydrogen) atoms. The van der Waals surface area contributed by atoms with Crippen molar-refractivity contribution in [1.29, 1.82) is 0 Å². The van der Waals surface area contributed by atoms with E-state index in [2.05, 4.69) is 41.5 Å². The van der Waals surface area contributed by atoms with Crippen molar-refractivity contribution in [2.24, 2.45) is 0 Å². The van der Waals surface area contributed by atoms with Gasteiger partial charge in [0.1, 0.15) is 22.8 Å². The number of carbonyl (C=O) groups is 1. The van der Waals surface area contributed by atoms with E-state index in [0.29, 0.717) is 22.8 Å². The van der Waals surface area contributed by atoms with Crippen molar-refractivity contribution < 1.29 is 19.0 Å². The van der Waals surface area contributed by atoms with Gasteiger partial charge in [-0.3, -0.25) is 4.79 Å². The van der Waals surface area contributed by atoms with Gasteiger partial charge in [-0.15, -0.1) is 0 Å². The number of benzene rings is 1. The van der Waals surface area contributed by atoms with Gasteiger partial charge in [0.15, 0.2) is 5.52 Å². The predicted molar refractivity (Wildman–Crippen MR) is 96.9 cm³/mol. The minimum Gasteiger partial charge on any atom is -0.496 e. The van der Waals surface area contributed by atoms with E-state index in [9.17, 15) is 4.79 Å². The highest BCUT2D eigenvalue weighted by atomic mass is 31.1. The molecule has 0 radical (unpaired) electrons. The predicted octanol–water partition coefficient (Wildman–Crippen LogP) is 4.93. The number of ether oxygens (including phenoxy) is 3. The van der Waals surface area contributed by atoms with Crippen LogP contribution < -0.4 is 14.2 Å². The van der Waals surface area contributed by atoms with Gasteiger partial charge in [-0.05, 0) is 18.2 Å². The summed E-state index contributed by atoms with van der Waals surface area (Å²) < 4.78 is 16.2. The molecule has 0 aliphatic carbocycles. The average Bonchev–Trinajstić information content (AvgIpc) is 2.42. The Hall–Kier alpha value is -1.28. The van der Waals surface area contributed by atoms with Gasteiger partial charge in [0.05, 0.1) is 21.3 Å². The van der Waals surface area contributed by atoms with E-state index < -0.39 is 7.92 Å². The molecule has 0 heterocycles. The summed E-state index contributed by atoms with van der Waals surface area (Å²) in [4.78, 5) is 13.4. The average molecular weight is 340 g/mol. The quantitative estimate of drug-likeness (QED) is 0.713. The van der Waals surface area contributed by atoms with E-state index in [1.165, 1.54) is 0 Å². The normalized spacial score (nSPS) is 12.3. The summed E-state index contributed by atoms with van der Waals surface area (Å²) in [7, 11) is 3.71. The molecule has 0 amide bonds. The Morgan fingerprint density at radius 3 is 1.48 bits per heavy atom. The number of hydrogen-bond donors (Lipinski definition) is 0. The molecule has 0 unspecified atom stereocenters. The van der Waals surface area contributed by atoms with Gasteiger partial charge in [0, 0.05) is 12.1 Å².